The number of carbonyl (C=O) groups is 3. The van der Waals surface area contributed by atoms with E-state index in [0.717, 1.165) is 25.8 Å². The maximum atomic E-state index is 12.1. The van der Waals surface area contributed by atoms with Crippen LogP contribution < -0.4 is 10.6 Å². The number of hydrogen-bond donors (Lipinski definition) is 3. The lowest BCUT2D eigenvalue weighted by Crippen LogP contribution is -2.50. The van der Waals surface area contributed by atoms with E-state index in [1.165, 1.54) is 0 Å². The first-order valence-corrected chi connectivity index (χ1v) is 8.12. The van der Waals surface area contributed by atoms with E-state index in [2.05, 4.69) is 10.6 Å². The van der Waals surface area contributed by atoms with Gasteiger partial charge in [0.1, 0.15) is 6.54 Å². The molecule has 25 heavy (non-hydrogen) atoms. The molecule has 0 radical (unpaired) electrons. The topological polar surface area (TPSA) is 98.7 Å². The molecule has 2 rings (SSSR count). The lowest BCUT2D eigenvalue weighted by molar-refractivity contribution is -0.138. The van der Waals surface area contributed by atoms with Gasteiger partial charge in [-0.05, 0) is 31.5 Å². The summed E-state index contributed by atoms with van der Waals surface area (Å²) in [5.74, 6) is -1.50. The number of piperidine rings is 1. The van der Waals surface area contributed by atoms with Crippen LogP contribution in [0.5, 0.6) is 0 Å². The number of likely N-dealkylation sites (tertiary alicyclic amines) is 1. The number of hydrogen-bond acceptors (Lipinski definition) is 4. The Bertz CT molecular complexity index is 583. The highest BCUT2D eigenvalue weighted by Crippen LogP contribution is 2.16. The van der Waals surface area contributed by atoms with Gasteiger partial charge in [0, 0.05) is 18.2 Å². The monoisotopic (exact) mass is 369 g/mol. The molecule has 3 N–H and O–H groups in total. The second-order valence-electron chi connectivity index (χ2n) is 5.87. The number of halogens is 1. The first kappa shape index (κ1) is 20.9. The minimum Gasteiger partial charge on any atom is -0.480 e. The SMILES string of the molecule is Cl.O=C(O)CNC(=O)CN1CCCCC1CNC(=O)c1ccccc1. The highest BCUT2D eigenvalue weighted by atomic mass is 35.5. The van der Waals surface area contributed by atoms with Crippen LogP contribution in [-0.2, 0) is 9.59 Å². The van der Waals surface area contributed by atoms with Gasteiger partial charge < -0.3 is 15.7 Å². The first-order valence-electron chi connectivity index (χ1n) is 8.12. The van der Waals surface area contributed by atoms with Crippen LogP contribution >= 0.6 is 12.4 Å². The molecule has 1 aliphatic heterocycles. The van der Waals surface area contributed by atoms with Crippen molar-refractivity contribution < 1.29 is 19.5 Å². The summed E-state index contributed by atoms with van der Waals surface area (Å²) in [6, 6.07) is 9.08. The summed E-state index contributed by atoms with van der Waals surface area (Å²) in [6.45, 7) is 1.02. The van der Waals surface area contributed by atoms with Crippen LogP contribution in [0.1, 0.15) is 29.6 Å². The Balaban J connectivity index is 0.00000312. The average molecular weight is 370 g/mol. The molecule has 1 aliphatic rings. The summed E-state index contributed by atoms with van der Waals surface area (Å²) in [5.41, 5.74) is 0.610. The summed E-state index contributed by atoms with van der Waals surface area (Å²) in [7, 11) is 0. The van der Waals surface area contributed by atoms with Crippen molar-refractivity contribution in [2.75, 3.05) is 26.2 Å². The number of nitrogens with zero attached hydrogens (tertiary/aromatic N) is 1. The molecule has 8 heteroatoms. The van der Waals surface area contributed by atoms with Crippen molar-refractivity contribution in [3.8, 4) is 0 Å². The Labute approximate surface area is 153 Å². The number of carbonyl (C=O) groups excluding carboxylic acids is 2. The number of aliphatic carboxylic acids is 1. The van der Waals surface area contributed by atoms with E-state index in [4.69, 9.17) is 5.11 Å². The van der Waals surface area contributed by atoms with Gasteiger partial charge in [0.2, 0.25) is 5.91 Å². The Morgan fingerprint density at radius 3 is 2.52 bits per heavy atom. The maximum Gasteiger partial charge on any atom is 0.322 e. The van der Waals surface area contributed by atoms with E-state index in [0.29, 0.717) is 12.1 Å². The summed E-state index contributed by atoms with van der Waals surface area (Å²) >= 11 is 0. The molecule has 0 saturated carbocycles. The number of carboxylic acids is 1. The molecule has 2 amide bonds. The van der Waals surface area contributed by atoms with Crippen LogP contribution in [0, 0.1) is 0 Å². The predicted octanol–water partition coefficient (Wildman–Crippen LogP) is 0.893. The van der Waals surface area contributed by atoms with E-state index in [1.807, 2.05) is 23.1 Å². The third-order valence-corrected chi connectivity index (χ3v) is 4.07. The van der Waals surface area contributed by atoms with Crippen molar-refractivity contribution in [2.45, 2.75) is 25.3 Å². The Kier molecular flexibility index (Phi) is 8.94. The fourth-order valence-corrected chi connectivity index (χ4v) is 2.82. The third-order valence-electron chi connectivity index (χ3n) is 4.07. The first-order chi connectivity index (χ1) is 11.6. The fraction of sp³-hybridized carbons (Fsp3) is 0.471. The number of nitrogens with one attached hydrogen (secondary N) is 2. The van der Waals surface area contributed by atoms with Gasteiger partial charge in [0.25, 0.3) is 5.91 Å². The summed E-state index contributed by atoms with van der Waals surface area (Å²) in [6.07, 6.45) is 2.95. The van der Waals surface area contributed by atoms with Gasteiger partial charge in [0.05, 0.1) is 6.54 Å². The highest BCUT2D eigenvalue weighted by Gasteiger charge is 2.24. The molecule has 0 aliphatic carbocycles. The number of benzene rings is 1. The minimum absolute atomic E-state index is 0. The smallest absolute Gasteiger partial charge is 0.322 e. The van der Waals surface area contributed by atoms with Gasteiger partial charge in [-0.25, -0.2) is 0 Å². The maximum absolute atomic E-state index is 12.1. The van der Waals surface area contributed by atoms with Crippen molar-refractivity contribution in [2.24, 2.45) is 0 Å². The van der Waals surface area contributed by atoms with Gasteiger partial charge in [-0.2, -0.15) is 0 Å². The third kappa shape index (κ3) is 7.11. The molecule has 1 fully saturated rings. The van der Waals surface area contributed by atoms with Crippen molar-refractivity contribution in [1.82, 2.24) is 15.5 Å². The molecular formula is C17H24ClN3O4. The van der Waals surface area contributed by atoms with Gasteiger partial charge >= 0.3 is 5.97 Å². The molecule has 138 valence electrons. The second kappa shape index (κ2) is 10.7. The van der Waals surface area contributed by atoms with Crippen LogP contribution in [0.25, 0.3) is 0 Å². The van der Waals surface area contributed by atoms with Crippen molar-refractivity contribution >= 4 is 30.2 Å². The fourth-order valence-electron chi connectivity index (χ4n) is 2.82. The number of carboxylic acid groups (broad SMARTS) is 1. The summed E-state index contributed by atoms with van der Waals surface area (Å²) in [4.78, 5) is 36.4. The molecule has 0 aromatic heterocycles. The zero-order valence-corrected chi connectivity index (χ0v) is 14.8. The van der Waals surface area contributed by atoms with Gasteiger partial charge in [-0.1, -0.05) is 24.6 Å². The molecule has 0 bridgehead atoms. The van der Waals surface area contributed by atoms with Crippen LogP contribution in [0.15, 0.2) is 30.3 Å². The quantitative estimate of drug-likeness (QED) is 0.663. The predicted molar refractivity (Wildman–Crippen MR) is 95.9 cm³/mol. The van der Waals surface area contributed by atoms with Crippen LogP contribution in [0.3, 0.4) is 0 Å². The second-order valence-corrected chi connectivity index (χ2v) is 5.87. The summed E-state index contributed by atoms with van der Waals surface area (Å²) in [5, 5.41) is 13.9. The van der Waals surface area contributed by atoms with Crippen molar-refractivity contribution in [1.29, 1.82) is 0 Å². The van der Waals surface area contributed by atoms with Crippen LogP contribution in [0.2, 0.25) is 0 Å². The Morgan fingerprint density at radius 2 is 1.84 bits per heavy atom. The van der Waals surface area contributed by atoms with Gasteiger partial charge in [-0.3, -0.25) is 19.3 Å². The normalized spacial score (nSPS) is 17.2. The molecule has 1 aromatic carbocycles. The number of amides is 2. The van der Waals surface area contributed by atoms with E-state index >= 15 is 0 Å². The molecule has 1 aromatic rings. The molecule has 1 atom stereocenters. The zero-order chi connectivity index (χ0) is 17.4. The van der Waals surface area contributed by atoms with E-state index in [1.54, 1.807) is 12.1 Å². The summed E-state index contributed by atoms with van der Waals surface area (Å²) < 4.78 is 0. The molecule has 0 spiro atoms. The Hall–Kier alpha value is -2.12. The van der Waals surface area contributed by atoms with Crippen LogP contribution in [-0.4, -0.2) is 60.0 Å². The molecule has 1 saturated heterocycles. The minimum atomic E-state index is -1.06. The highest BCUT2D eigenvalue weighted by molar-refractivity contribution is 5.94. The number of rotatable bonds is 7. The van der Waals surface area contributed by atoms with Crippen molar-refractivity contribution in [3.63, 3.8) is 0 Å². The van der Waals surface area contributed by atoms with Crippen molar-refractivity contribution in [3.05, 3.63) is 35.9 Å². The average Bonchev–Trinajstić information content (AvgIpc) is 2.59. The van der Waals surface area contributed by atoms with Crippen LogP contribution in [0.4, 0.5) is 0 Å². The van der Waals surface area contributed by atoms with E-state index in [9.17, 15) is 14.4 Å². The molecule has 1 unspecified atom stereocenters. The lowest BCUT2D eigenvalue weighted by atomic mass is 10.0. The molecule has 1 heterocycles. The van der Waals surface area contributed by atoms with Gasteiger partial charge in [-0.15, -0.1) is 12.4 Å². The zero-order valence-electron chi connectivity index (χ0n) is 13.9. The standard InChI is InChI=1S/C17H23N3O4.ClH/c21-15(18-11-16(22)23)12-20-9-5-4-8-14(20)10-19-17(24)13-6-2-1-3-7-13;/h1-3,6-7,14H,4-5,8-12H2,(H,18,21)(H,19,24)(H,22,23);1H. The molecule has 7 nitrogen and oxygen atoms in total. The Morgan fingerprint density at radius 1 is 1.12 bits per heavy atom. The largest absolute Gasteiger partial charge is 0.480 e. The van der Waals surface area contributed by atoms with E-state index in [-0.39, 0.29) is 43.4 Å². The van der Waals surface area contributed by atoms with Gasteiger partial charge in [0.15, 0.2) is 0 Å². The molecular weight excluding hydrogens is 346 g/mol. The lowest BCUT2D eigenvalue weighted by Gasteiger charge is -2.35. The van der Waals surface area contributed by atoms with E-state index < -0.39 is 5.97 Å².